The molecule has 2 nitrogen and oxygen atoms in total. The van der Waals surface area contributed by atoms with E-state index >= 15 is 0 Å². The first-order valence-electron chi connectivity index (χ1n) is 3.06. The van der Waals surface area contributed by atoms with Gasteiger partial charge in [-0.15, -0.1) is 0 Å². The molecule has 0 N–H and O–H groups in total. The zero-order valence-electron chi connectivity index (χ0n) is 5.46. The van der Waals surface area contributed by atoms with Crippen molar-refractivity contribution in [2.75, 3.05) is 0 Å². The Bertz CT molecular complexity index is 396. The largest absolute Gasteiger partial charge is 0.240 e. The summed E-state index contributed by atoms with van der Waals surface area (Å²) in [4.78, 5) is 0. The summed E-state index contributed by atoms with van der Waals surface area (Å²) in [5, 5.41) is 4.76. The van der Waals surface area contributed by atoms with E-state index in [1.165, 1.54) is 0 Å². The Morgan fingerprint density at radius 3 is 3.09 bits per heavy atom. The number of hydrogen-bond acceptors (Lipinski definition) is 1. The molecule has 2 aromatic rings. The normalized spacial score (nSPS) is 10.7. The number of fused-ring (bicyclic) bond motifs is 1. The third-order valence-electron chi connectivity index (χ3n) is 1.47. The second kappa shape index (κ2) is 2.50. The van der Waals surface area contributed by atoms with Gasteiger partial charge in [-0.05, 0) is 28.1 Å². The minimum absolute atomic E-state index is 0.706. The van der Waals surface area contributed by atoms with Gasteiger partial charge < -0.3 is 0 Å². The van der Waals surface area contributed by atoms with Crippen molar-refractivity contribution in [3.63, 3.8) is 0 Å². The van der Waals surface area contributed by atoms with Crippen molar-refractivity contribution in [3.8, 4) is 0 Å². The van der Waals surface area contributed by atoms with Crippen molar-refractivity contribution in [3.05, 3.63) is 34.0 Å². The van der Waals surface area contributed by atoms with E-state index in [4.69, 9.17) is 11.6 Å². The summed E-state index contributed by atoms with van der Waals surface area (Å²) < 4.78 is 2.65. The molecule has 0 aliphatic rings. The van der Waals surface area contributed by atoms with Crippen LogP contribution >= 0.6 is 27.5 Å². The summed E-state index contributed by atoms with van der Waals surface area (Å²) in [7, 11) is 0. The highest BCUT2D eigenvalue weighted by molar-refractivity contribution is 9.10. The predicted molar refractivity (Wildman–Crippen MR) is 47.9 cm³/mol. The molecular formula is C7H4BrClN2. The first-order chi connectivity index (χ1) is 5.29. The number of nitrogens with zero attached hydrogens (tertiary/aromatic N) is 2. The molecule has 2 aromatic heterocycles. The lowest BCUT2D eigenvalue weighted by Crippen LogP contribution is -1.85. The average Bonchev–Trinajstić information content (AvgIpc) is 2.45. The van der Waals surface area contributed by atoms with Crippen molar-refractivity contribution in [2.45, 2.75) is 0 Å². The van der Waals surface area contributed by atoms with Crippen LogP contribution in [0.25, 0.3) is 5.52 Å². The van der Waals surface area contributed by atoms with Crippen LogP contribution < -0.4 is 0 Å². The maximum atomic E-state index is 5.86. The van der Waals surface area contributed by atoms with Crippen LogP contribution in [0.3, 0.4) is 0 Å². The summed E-state index contributed by atoms with van der Waals surface area (Å²) in [5.74, 6) is 0. The number of hydrogen-bond donors (Lipinski definition) is 0. The van der Waals surface area contributed by atoms with Gasteiger partial charge in [-0.2, -0.15) is 5.10 Å². The summed E-state index contributed by atoms with van der Waals surface area (Å²) in [5.41, 5.74) is 0.984. The van der Waals surface area contributed by atoms with Crippen molar-refractivity contribution < 1.29 is 0 Å². The lowest BCUT2D eigenvalue weighted by atomic mass is 10.4. The van der Waals surface area contributed by atoms with E-state index in [1.54, 1.807) is 16.8 Å². The Morgan fingerprint density at radius 1 is 1.45 bits per heavy atom. The number of halogens is 2. The standard InChI is InChI=1S/C7H4BrClN2/c8-7-5(9)2-4-11-6(7)1-3-10-11/h1-4H. The van der Waals surface area contributed by atoms with Crippen molar-refractivity contribution in [1.29, 1.82) is 0 Å². The molecule has 0 saturated carbocycles. The molecule has 0 atom stereocenters. The van der Waals surface area contributed by atoms with Crippen molar-refractivity contribution in [1.82, 2.24) is 9.61 Å². The van der Waals surface area contributed by atoms with Gasteiger partial charge in [0.1, 0.15) is 0 Å². The van der Waals surface area contributed by atoms with E-state index in [9.17, 15) is 0 Å². The maximum absolute atomic E-state index is 5.86. The topological polar surface area (TPSA) is 17.3 Å². The summed E-state index contributed by atoms with van der Waals surface area (Å²) in [6.45, 7) is 0. The molecule has 56 valence electrons. The summed E-state index contributed by atoms with van der Waals surface area (Å²) >= 11 is 9.22. The molecule has 11 heavy (non-hydrogen) atoms. The van der Waals surface area contributed by atoms with Gasteiger partial charge in [0.15, 0.2) is 0 Å². The fourth-order valence-corrected chi connectivity index (χ4v) is 1.54. The zero-order chi connectivity index (χ0) is 7.84. The fourth-order valence-electron chi connectivity index (χ4n) is 0.938. The molecule has 4 heteroatoms. The monoisotopic (exact) mass is 230 g/mol. The van der Waals surface area contributed by atoms with Gasteiger partial charge in [-0.1, -0.05) is 11.6 Å². The lowest BCUT2D eigenvalue weighted by Gasteiger charge is -1.97. The molecule has 0 saturated heterocycles. The maximum Gasteiger partial charge on any atom is 0.0818 e. The molecule has 0 fully saturated rings. The Morgan fingerprint density at radius 2 is 2.27 bits per heavy atom. The van der Waals surface area contributed by atoms with E-state index < -0.39 is 0 Å². The van der Waals surface area contributed by atoms with Crippen LogP contribution in [0.1, 0.15) is 0 Å². The van der Waals surface area contributed by atoms with Gasteiger partial charge >= 0.3 is 0 Å². The Labute approximate surface area is 76.9 Å². The van der Waals surface area contributed by atoms with Crippen LogP contribution in [0.15, 0.2) is 29.0 Å². The number of aromatic nitrogens is 2. The molecule has 0 aliphatic carbocycles. The van der Waals surface area contributed by atoms with E-state index in [0.717, 1.165) is 9.99 Å². The van der Waals surface area contributed by atoms with E-state index in [2.05, 4.69) is 21.0 Å². The molecule has 0 aromatic carbocycles. The Kier molecular flexibility index (Phi) is 1.62. The highest BCUT2D eigenvalue weighted by atomic mass is 79.9. The lowest BCUT2D eigenvalue weighted by molar-refractivity contribution is 0.959. The molecule has 2 heterocycles. The van der Waals surface area contributed by atoms with Crippen LogP contribution in [0.2, 0.25) is 5.02 Å². The van der Waals surface area contributed by atoms with Crippen LogP contribution in [-0.2, 0) is 0 Å². The van der Waals surface area contributed by atoms with Gasteiger partial charge in [0, 0.05) is 6.20 Å². The van der Waals surface area contributed by atoms with Crippen molar-refractivity contribution >= 4 is 33.0 Å². The molecule has 0 spiro atoms. The molecule has 0 amide bonds. The Hall–Kier alpha value is -0.540. The van der Waals surface area contributed by atoms with Crippen LogP contribution in [0, 0.1) is 0 Å². The fraction of sp³-hybridized carbons (Fsp3) is 0. The van der Waals surface area contributed by atoms with Gasteiger partial charge in [-0.25, -0.2) is 4.52 Å². The minimum Gasteiger partial charge on any atom is -0.240 e. The third kappa shape index (κ3) is 1.04. The van der Waals surface area contributed by atoms with Crippen molar-refractivity contribution in [2.24, 2.45) is 0 Å². The first-order valence-corrected chi connectivity index (χ1v) is 4.23. The minimum atomic E-state index is 0.706. The molecule has 0 aliphatic heterocycles. The predicted octanol–water partition coefficient (Wildman–Crippen LogP) is 2.75. The highest BCUT2D eigenvalue weighted by Gasteiger charge is 2.01. The smallest absolute Gasteiger partial charge is 0.0818 e. The SMILES string of the molecule is Clc1ccn2nccc2c1Br. The number of pyridine rings is 1. The van der Waals surface area contributed by atoms with Crippen LogP contribution in [0.4, 0.5) is 0 Å². The summed E-state index contributed by atoms with van der Waals surface area (Å²) in [6.07, 6.45) is 3.55. The molecule has 2 rings (SSSR count). The van der Waals surface area contributed by atoms with E-state index in [1.807, 2.05) is 12.3 Å². The molecule has 0 bridgehead atoms. The zero-order valence-corrected chi connectivity index (χ0v) is 7.80. The average molecular weight is 231 g/mol. The quantitative estimate of drug-likeness (QED) is 0.681. The molecular weight excluding hydrogens is 227 g/mol. The highest BCUT2D eigenvalue weighted by Crippen LogP contribution is 2.26. The third-order valence-corrected chi connectivity index (χ3v) is 2.84. The number of rotatable bonds is 0. The molecule has 0 radical (unpaired) electrons. The van der Waals surface area contributed by atoms with Gasteiger partial charge in [-0.3, -0.25) is 0 Å². The van der Waals surface area contributed by atoms with E-state index in [0.29, 0.717) is 5.02 Å². The second-order valence-electron chi connectivity index (χ2n) is 2.14. The molecule has 0 unspecified atom stereocenters. The van der Waals surface area contributed by atoms with Crippen LogP contribution in [-0.4, -0.2) is 9.61 Å². The van der Waals surface area contributed by atoms with Gasteiger partial charge in [0.2, 0.25) is 0 Å². The Balaban J connectivity index is 2.93. The van der Waals surface area contributed by atoms with E-state index in [-0.39, 0.29) is 0 Å². The van der Waals surface area contributed by atoms with Crippen LogP contribution in [0.5, 0.6) is 0 Å². The summed E-state index contributed by atoms with van der Waals surface area (Å²) in [6, 6.07) is 3.70. The first kappa shape index (κ1) is 7.13. The van der Waals surface area contributed by atoms with Gasteiger partial charge in [0.25, 0.3) is 0 Å². The second-order valence-corrected chi connectivity index (χ2v) is 3.34. The van der Waals surface area contributed by atoms with Gasteiger partial charge in [0.05, 0.1) is 21.2 Å².